The summed E-state index contributed by atoms with van der Waals surface area (Å²) in [5.41, 5.74) is 0. The van der Waals surface area contributed by atoms with E-state index in [0.29, 0.717) is 5.25 Å². The van der Waals surface area contributed by atoms with Gasteiger partial charge in [-0.1, -0.05) is 30.3 Å². The molecule has 1 rings (SSSR count). The standard InChI is InChI=1S/C11H19NOS/c1-9(2)12-11(13)14-10-7-5-3-4-6-8-10/h5,7,9-10H,3-4,6,8H2,1-2H3,(H,12,13)/t10-/m1/s1. The average Bonchev–Trinajstić information content (AvgIpc) is 2.31. The summed E-state index contributed by atoms with van der Waals surface area (Å²) in [5.74, 6) is 0. The molecule has 1 aliphatic carbocycles. The molecular formula is C11H19NOS. The van der Waals surface area contributed by atoms with Crippen molar-refractivity contribution in [3.8, 4) is 0 Å². The summed E-state index contributed by atoms with van der Waals surface area (Å²) >= 11 is 1.43. The summed E-state index contributed by atoms with van der Waals surface area (Å²) < 4.78 is 0. The van der Waals surface area contributed by atoms with Gasteiger partial charge in [0.05, 0.1) is 0 Å². The molecule has 0 spiro atoms. The van der Waals surface area contributed by atoms with Gasteiger partial charge >= 0.3 is 0 Å². The minimum absolute atomic E-state index is 0.108. The quantitative estimate of drug-likeness (QED) is 0.713. The van der Waals surface area contributed by atoms with Crippen LogP contribution in [0.3, 0.4) is 0 Å². The lowest BCUT2D eigenvalue weighted by Crippen LogP contribution is -2.27. The molecule has 1 aliphatic rings. The topological polar surface area (TPSA) is 29.1 Å². The van der Waals surface area contributed by atoms with Crippen molar-refractivity contribution in [3.63, 3.8) is 0 Å². The van der Waals surface area contributed by atoms with E-state index in [0.717, 1.165) is 6.42 Å². The van der Waals surface area contributed by atoms with Crippen molar-refractivity contribution < 1.29 is 4.79 Å². The third-order valence-corrected chi connectivity index (χ3v) is 3.15. The highest BCUT2D eigenvalue weighted by Gasteiger charge is 2.13. The second-order valence-corrected chi connectivity index (χ2v) is 5.17. The average molecular weight is 213 g/mol. The summed E-state index contributed by atoms with van der Waals surface area (Å²) in [5, 5.41) is 3.39. The van der Waals surface area contributed by atoms with E-state index < -0.39 is 0 Å². The largest absolute Gasteiger partial charge is 0.345 e. The molecule has 0 aromatic carbocycles. The number of hydrogen-bond donors (Lipinski definition) is 1. The van der Waals surface area contributed by atoms with Crippen LogP contribution < -0.4 is 5.32 Å². The Labute approximate surface area is 90.5 Å². The molecule has 0 bridgehead atoms. The van der Waals surface area contributed by atoms with Gasteiger partial charge < -0.3 is 5.32 Å². The predicted octanol–water partition coefficient (Wildman–Crippen LogP) is 3.34. The normalized spacial score (nSPS) is 22.1. The second-order valence-electron chi connectivity index (χ2n) is 3.96. The van der Waals surface area contributed by atoms with Crippen LogP contribution in [-0.2, 0) is 0 Å². The van der Waals surface area contributed by atoms with Gasteiger partial charge in [-0.25, -0.2) is 0 Å². The first-order valence-electron chi connectivity index (χ1n) is 5.32. The molecule has 0 radical (unpaired) electrons. The van der Waals surface area contributed by atoms with E-state index in [1.165, 1.54) is 31.0 Å². The third kappa shape index (κ3) is 4.70. The molecule has 3 heteroatoms. The fraction of sp³-hybridized carbons (Fsp3) is 0.727. The Hall–Kier alpha value is -0.440. The molecule has 1 atom stereocenters. The van der Waals surface area contributed by atoms with E-state index in [1.807, 2.05) is 13.8 Å². The molecule has 0 aliphatic heterocycles. The fourth-order valence-electron chi connectivity index (χ4n) is 1.46. The lowest BCUT2D eigenvalue weighted by molar-refractivity contribution is 0.258. The van der Waals surface area contributed by atoms with Crippen molar-refractivity contribution in [2.45, 2.75) is 50.8 Å². The van der Waals surface area contributed by atoms with E-state index in [1.54, 1.807) is 0 Å². The van der Waals surface area contributed by atoms with Gasteiger partial charge in [-0.15, -0.1) is 0 Å². The lowest BCUT2D eigenvalue weighted by Gasteiger charge is -2.12. The van der Waals surface area contributed by atoms with Gasteiger partial charge in [0, 0.05) is 11.3 Å². The van der Waals surface area contributed by atoms with E-state index >= 15 is 0 Å². The number of rotatable bonds is 2. The number of allylic oxidation sites excluding steroid dienone is 1. The van der Waals surface area contributed by atoms with Gasteiger partial charge in [-0.3, -0.25) is 4.79 Å². The zero-order valence-corrected chi connectivity index (χ0v) is 9.77. The molecule has 0 fully saturated rings. The van der Waals surface area contributed by atoms with E-state index in [2.05, 4.69) is 17.5 Å². The molecule has 0 saturated heterocycles. The van der Waals surface area contributed by atoms with Crippen LogP contribution >= 0.6 is 11.8 Å². The van der Waals surface area contributed by atoms with Crippen LogP contribution in [0.15, 0.2) is 12.2 Å². The molecule has 2 nitrogen and oxygen atoms in total. The van der Waals surface area contributed by atoms with Crippen molar-refractivity contribution in [1.29, 1.82) is 0 Å². The van der Waals surface area contributed by atoms with Gasteiger partial charge in [-0.05, 0) is 33.1 Å². The maximum absolute atomic E-state index is 11.5. The molecule has 1 amide bonds. The van der Waals surface area contributed by atoms with Crippen LogP contribution in [0.1, 0.15) is 39.5 Å². The Morgan fingerprint density at radius 1 is 1.50 bits per heavy atom. The number of carbonyl (C=O) groups excluding carboxylic acids is 1. The molecule has 0 unspecified atom stereocenters. The summed E-state index contributed by atoms with van der Waals surface area (Å²) in [6.45, 7) is 3.97. The minimum Gasteiger partial charge on any atom is -0.345 e. The molecule has 80 valence electrons. The van der Waals surface area contributed by atoms with Gasteiger partial charge in [-0.2, -0.15) is 0 Å². The maximum Gasteiger partial charge on any atom is 0.279 e. The Balaban J connectivity index is 2.31. The highest BCUT2D eigenvalue weighted by Crippen LogP contribution is 2.23. The SMILES string of the molecule is CC(C)NC(=O)S[C@@H]1C=CCCCC1. The van der Waals surface area contributed by atoms with Crippen LogP contribution in [0.2, 0.25) is 0 Å². The van der Waals surface area contributed by atoms with E-state index in [4.69, 9.17) is 0 Å². The zero-order chi connectivity index (χ0) is 10.4. The molecule has 0 heterocycles. The zero-order valence-electron chi connectivity index (χ0n) is 8.95. The fourth-order valence-corrected chi connectivity index (χ4v) is 2.51. The smallest absolute Gasteiger partial charge is 0.279 e. The summed E-state index contributed by atoms with van der Waals surface area (Å²) in [6, 6.07) is 0.241. The van der Waals surface area contributed by atoms with Crippen LogP contribution in [0.5, 0.6) is 0 Å². The van der Waals surface area contributed by atoms with Crippen molar-refractivity contribution in [2.24, 2.45) is 0 Å². The molecule has 0 aromatic rings. The van der Waals surface area contributed by atoms with Crippen molar-refractivity contribution in [3.05, 3.63) is 12.2 Å². The summed E-state index contributed by atoms with van der Waals surface area (Å²) in [6.07, 6.45) is 9.18. The van der Waals surface area contributed by atoms with Gasteiger partial charge in [0.1, 0.15) is 0 Å². The Morgan fingerprint density at radius 2 is 2.29 bits per heavy atom. The highest BCUT2D eigenvalue weighted by atomic mass is 32.2. The monoisotopic (exact) mass is 213 g/mol. The first-order chi connectivity index (χ1) is 6.68. The summed E-state index contributed by atoms with van der Waals surface area (Å²) in [4.78, 5) is 11.5. The van der Waals surface area contributed by atoms with Crippen LogP contribution in [-0.4, -0.2) is 16.5 Å². The van der Waals surface area contributed by atoms with Gasteiger partial charge in [0.15, 0.2) is 0 Å². The van der Waals surface area contributed by atoms with Crippen molar-refractivity contribution in [2.75, 3.05) is 0 Å². The number of thioether (sulfide) groups is 1. The van der Waals surface area contributed by atoms with E-state index in [-0.39, 0.29) is 11.3 Å². The maximum atomic E-state index is 11.5. The first kappa shape index (κ1) is 11.6. The number of nitrogens with one attached hydrogen (secondary N) is 1. The van der Waals surface area contributed by atoms with Crippen LogP contribution in [0.25, 0.3) is 0 Å². The van der Waals surface area contributed by atoms with Gasteiger partial charge in [0.2, 0.25) is 0 Å². The predicted molar refractivity (Wildman–Crippen MR) is 62.7 cm³/mol. The molecule has 0 saturated carbocycles. The number of hydrogen-bond acceptors (Lipinski definition) is 2. The molecule has 1 N–H and O–H groups in total. The minimum atomic E-state index is 0.108. The molecule has 0 aromatic heterocycles. The summed E-state index contributed by atoms with van der Waals surface area (Å²) in [7, 11) is 0. The van der Waals surface area contributed by atoms with Crippen LogP contribution in [0.4, 0.5) is 4.79 Å². The molecular weight excluding hydrogens is 194 g/mol. The van der Waals surface area contributed by atoms with E-state index in [9.17, 15) is 4.79 Å². The van der Waals surface area contributed by atoms with Crippen molar-refractivity contribution >= 4 is 17.0 Å². The first-order valence-corrected chi connectivity index (χ1v) is 6.20. The highest BCUT2D eigenvalue weighted by molar-refractivity contribution is 8.14. The third-order valence-electron chi connectivity index (χ3n) is 2.13. The number of amides is 1. The lowest BCUT2D eigenvalue weighted by atomic mass is 10.2. The Kier molecular flexibility index (Phi) is 5.09. The van der Waals surface area contributed by atoms with Crippen molar-refractivity contribution in [1.82, 2.24) is 5.32 Å². The second kappa shape index (κ2) is 6.12. The Bertz CT molecular complexity index is 213. The number of carbonyl (C=O) groups is 1. The Morgan fingerprint density at radius 3 is 3.00 bits per heavy atom. The van der Waals surface area contributed by atoms with Gasteiger partial charge in [0.25, 0.3) is 5.24 Å². The molecule has 14 heavy (non-hydrogen) atoms. The van der Waals surface area contributed by atoms with Crippen LogP contribution in [0, 0.1) is 0 Å².